The molecule has 0 spiro atoms. The van der Waals surface area contributed by atoms with Gasteiger partial charge in [0.25, 0.3) is 0 Å². The molecule has 4 nitrogen and oxygen atoms in total. The third-order valence-corrected chi connectivity index (χ3v) is 1.54. The summed E-state index contributed by atoms with van der Waals surface area (Å²) in [6.45, 7) is 2.46. The Hall–Kier alpha value is -1.45. The van der Waals surface area contributed by atoms with E-state index in [0.717, 1.165) is 17.3 Å². The normalized spacial score (nSPS) is 15.2. The lowest BCUT2D eigenvalue weighted by molar-refractivity contribution is 0.512. The SMILES string of the molecule is Cc1nc2c(o1)C=C(N)CN2. The van der Waals surface area contributed by atoms with Crippen LogP contribution in [0.3, 0.4) is 0 Å². The number of hydrogen-bond acceptors (Lipinski definition) is 4. The number of anilines is 1. The molecule has 1 aliphatic heterocycles. The first kappa shape index (κ1) is 6.27. The number of nitrogens with zero attached hydrogens (tertiary/aromatic N) is 1. The maximum Gasteiger partial charge on any atom is 0.193 e. The average molecular weight is 151 g/mol. The molecule has 0 saturated carbocycles. The first-order chi connectivity index (χ1) is 5.25. The Labute approximate surface area is 64.1 Å². The first-order valence-electron chi connectivity index (χ1n) is 3.43. The number of nitrogens with two attached hydrogens (primary N) is 1. The van der Waals surface area contributed by atoms with Crippen molar-refractivity contribution in [3.8, 4) is 0 Å². The Morgan fingerprint density at radius 1 is 1.73 bits per heavy atom. The highest BCUT2D eigenvalue weighted by Crippen LogP contribution is 2.21. The molecular formula is C7H9N3O. The van der Waals surface area contributed by atoms with Crippen LogP contribution in [-0.2, 0) is 0 Å². The zero-order valence-corrected chi connectivity index (χ0v) is 6.22. The van der Waals surface area contributed by atoms with E-state index in [2.05, 4.69) is 10.3 Å². The van der Waals surface area contributed by atoms with Crippen LogP contribution >= 0.6 is 0 Å². The Morgan fingerprint density at radius 3 is 3.36 bits per heavy atom. The second-order valence-electron chi connectivity index (χ2n) is 2.52. The molecule has 0 fully saturated rings. The molecule has 58 valence electrons. The van der Waals surface area contributed by atoms with Crippen molar-refractivity contribution >= 4 is 11.9 Å². The van der Waals surface area contributed by atoms with Crippen molar-refractivity contribution in [2.75, 3.05) is 11.9 Å². The highest BCUT2D eigenvalue weighted by atomic mass is 16.4. The predicted octanol–water partition coefficient (Wildman–Crippen LogP) is 0.708. The van der Waals surface area contributed by atoms with Crippen molar-refractivity contribution in [1.29, 1.82) is 0 Å². The van der Waals surface area contributed by atoms with Gasteiger partial charge < -0.3 is 15.5 Å². The minimum atomic E-state index is 0.652. The fraction of sp³-hybridized carbons (Fsp3) is 0.286. The fourth-order valence-corrected chi connectivity index (χ4v) is 1.07. The lowest BCUT2D eigenvalue weighted by Crippen LogP contribution is -2.15. The molecule has 1 aliphatic rings. The van der Waals surface area contributed by atoms with Crippen LogP contribution in [-0.4, -0.2) is 11.5 Å². The van der Waals surface area contributed by atoms with Gasteiger partial charge in [-0.3, -0.25) is 0 Å². The van der Waals surface area contributed by atoms with Crippen LogP contribution in [0.4, 0.5) is 5.82 Å². The van der Waals surface area contributed by atoms with Crippen LogP contribution in [0.2, 0.25) is 0 Å². The smallest absolute Gasteiger partial charge is 0.193 e. The summed E-state index contributed by atoms with van der Waals surface area (Å²) in [4.78, 5) is 4.11. The highest BCUT2D eigenvalue weighted by Gasteiger charge is 2.12. The van der Waals surface area contributed by atoms with Gasteiger partial charge in [-0.2, -0.15) is 4.98 Å². The molecule has 2 heterocycles. The van der Waals surface area contributed by atoms with E-state index in [4.69, 9.17) is 10.2 Å². The van der Waals surface area contributed by atoms with Crippen molar-refractivity contribution < 1.29 is 4.42 Å². The van der Waals surface area contributed by atoms with Gasteiger partial charge in [0.1, 0.15) is 0 Å². The Bertz CT molecular complexity index is 313. The van der Waals surface area contributed by atoms with E-state index >= 15 is 0 Å². The van der Waals surface area contributed by atoms with Crippen LogP contribution in [0.15, 0.2) is 10.1 Å². The standard InChI is InChI=1S/C7H9N3O/c1-4-10-7-6(11-4)2-5(8)3-9-7/h2,9H,3,8H2,1H3. The summed E-state index contributed by atoms with van der Waals surface area (Å²) in [5, 5.41) is 3.04. The van der Waals surface area contributed by atoms with Gasteiger partial charge in [0.2, 0.25) is 0 Å². The average Bonchev–Trinajstić information content (AvgIpc) is 2.27. The van der Waals surface area contributed by atoms with Crippen LogP contribution in [0, 0.1) is 6.92 Å². The van der Waals surface area contributed by atoms with E-state index in [0.29, 0.717) is 12.4 Å². The highest BCUT2D eigenvalue weighted by molar-refractivity contribution is 5.64. The Kier molecular flexibility index (Phi) is 1.15. The van der Waals surface area contributed by atoms with Gasteiger partial charge in [0, 0.05) is 18.7 Å². The van der Waals surface area contributed by atoms with Crippen LogP contribution in [0.1, 0.15) is 11.7 Å². The van der Waals surface area contributed by atoms with Crippen LogP contribution in [0.25, 0.3) is 6.08 Å². The van der Waals surface area contributed by atoms with Crippen LogP contribution in [0.5, 0.6) is 0 Å². The summed E-state index contributed by atoms with van der Waals surface area (Å²) in [5.74, 6) is 2.18. The molecule has 0 aliphatic carbocycles. The van der Waals surface area contributed by atoms with Gasteiger partial charge in [-0.15, -0.1) is 0 Å². The summed E-state index contributed by atoms with van der Waals surface area (Å²) >= 11 is 0. The molecule has 0 saturated heterocycles. The second-order valence-corrected chi connectivity index (χ2v) is 2.52. The lowest BCUT2D eigenvalue weighted by atomic mass is 10.3. The molecule has 11 heavy (non-hydrogen) atoms. The van der Waals surface area contributed by atoms with Gasteiger partial charge in [0.05, 0.1) is 6.54 Å². The summed E-state index contributed by atoms with van der Waals surface area (Å²) in [6.07, 6.45) is 1.80. The van der Waals surface area contributed by atoms with E-state index in [1.165, 1.54) is 0 Å². The molecule has 0 atom stereocenters. The fourth-order valence-electron chi connectivity index (χ4n) is 1.07. The number of aryl methyl sites for hydroxylation is 1. The van der Waals surface area contributed by atoms with E-state index in [9.17, 15) is 0 Å². The monoisotopic (exact) mass is 151 g/mol. The minimum absolute atomic E-state index is 0.652. The van der Waals surface area contributed by atoms with Crippen molar-refractivity contribution in [1.82, 2.24) is 4.98 Å². The van der Waals surface area contributed by atoms with Crippen molar-refractivity contribution in [3.63, 3.8) is 0 Å². The van der Waals surface area contributed by atoms with Crippen molar-refractivity contribution in [3.05, 3.63) is 17.3 Å². The van der Waals surface area contributed by atoms with E-state index in [-0.39, 0.29) is 0 Å². The number of hydrogen-bond donors (Lipinski definition) is 2. The van der Waals surface area contributed by atoms with Gasteiger partial charge in [-0.05, 0) is 0 Å². The molecular weight excluding hydrogens is 142 g/mol. The largest absolute Gasteiger partial charge is 0.439 e. The quantitative estimate of drug-likeness (QED) is 0.573. The van der Waals surface area contributed by atoms with Gasteiger partial charge in [0.15, 0.2) is 17.5 Å². The van der Waals surface area contributed by atoms with Crippen LogP contribution < -0.4 is 11.1 Å². The summed E-state index contributed by atoms with van der Waals surface area (Å²) in [6, 6.07) is 0. The lowest BCUT2D eigenvalue weighted by Gasteiger charge is -2.08. The van der Waals surface area contributed by atoms with Crippen molar-refractivity contribution in [2.24, 2.45) is 5.73 Å². The maximum atomic E-state index is 5.57. The molecule has 0 aromatic carbocycles. The molecule has 0 amide bonds. The van der Waals surface area contributed by atoms with E-state index < -0.39 is 0 Å². The zero-order chi connectivity index (χ0) is 7.84. The van der Waals surface area contributed by atoms with Crippen molar-refractivity contribution in [2.45, 2.75) is 6.92 Å². The minimum Gasteiger partial charge on any atom is -0.439 e. The third-order valence-electron chi connectivity index (χ3n) is 1.54. The molecule has 4 heteroatoms. The molecule has 0 bridgehead atoms. The number of rotatable bonds is 0. The Balaban J connectivity index is 2.50. The van der Waals surface area contributed by atoms with Gasteiger partial charge in [-0.1, -0.05) is 0 Å². The van der Waals surface area contributed by atoms with Gasteiger partial charge in [-0.25, -0.2) is 0 Å². The molecule has 1 aromatic rings. The van der Waals surface area contributed by atoms with E-state index in [1.807, 2.05) is 6.92 Å². The molecule has 0 radical (unpaired) electrons. The summed E-state index contributed by atoms with van der Waals surface area (Å²) in [7, 11) is 0. The number of fused-ring (bicyclic) bond motifs is 1. The second kappa shape index (κ2) is 2.02. The molecule has 3 N–H and O–H groups in total. The molecule has 1 aromatic heterocycles. The zero-order valence-electron chi connectivity index (χ0n) is 6.22. The Morgan fingerprint density at radius 2 is 2.55 bits per heavy atom. The molecule has 2 rings (SSSR count). The summed E-state index contributed by atoms with van der Waals surface area (Å²) < 4.78 is 5.25. The number of oxazole rings is 1. The van der Waals surface area contributed by atoms with Gasteiger partial charge >= 0.3 is 0 Å². The topological polar surface area (TPSA) is 64.1 Å². The first-order valence-corrected chi connectivity index (χ1v) is 3.43. The van der Waals surface area contributed by atoms with E-state index in [1.54, 1.807) is 6.08 Å². The molecule has 0 unspecified atom stereocenters. The third kappa shape index (κ3) is 0.960. The number of aromatic nitrogens is 1. The predicted molar refractivity (Wildman–Crippen MR) is 41.9 cm³/mol. The summed E-state index contributed by atoms with van der Waals surface area (Å²) in [5.41, 5.74) is 6.34. The maximum absolute atomic E-state index is 5.57. The number of nitrogens with one attached hydrogen (secondary N) is 1.